The summed E-state index contributed by atoms with van der Waals surface area (Å²) in [6.45, 7) is 0.899. The lowest BCUT2D eigenvalue weighted by atomic mass is 10.0. The Morgan fingerprint density at radius 2 is 1.75 bits per heavy atom. The summed E-state index contributed by atoms with van der Waals surface area (Å²) in [5, 5.41) is 3.91. The maximum absolute atomic E-state index is 5.97. The predicted octanol–water partition coefficient (Wildman–Crippen LogP) is 3.73. The molecule has 82 valence electrons. The maximum atomic E-state index is 5.97. The molecule has 2 heteroatoms. The first-order chi connectivity index (χ1) is 7.79. The van der Waals surface area contributed by atoms with E-state index in [0.717, 1.165) is 17.1 Å². The van der Waals surface area contributed by atoms with Crippen molar-refractivity contribution in [3.63, 3.8) is 0 Å². The minimum Gasteiger partial charge on any atom is -0.316 e. The van der Waals surface area contributed by atoms with E-state index in [0.29, 0.717) is 0 Å². The number of hydrogen-bond acceptors (Lipinski definition) is 1. The highest BCUT2D eigenvalue weighted by Gasteiger charge is 1.98. The van der Waals surface area contributed by atoms with Gasteiger partial charge in [0, 0.05) is 11.6 Å². The van der Waals surface area contributed by atoms with E-state index in [4.69, 9.17) is 11.6 Å². The number of halogens is 1. The van der Waals surface area contributed by atoms with Gasteiger partial charge in [0.2, 0.25) is 0 Å². The normalized spacial score (nSPS) is 10.4. The van der Waals surface area contributed by atoms with Gasteiger partial charge in [0.15, 0.2) is 0 Å². The Morgan fingerprint density at radius 3 is 2.38 bits per heavy atom. The van der Waals surface area contributed by atoms with Crippen LogP contribution in [0, 0.1) is 0 Å². The van der Waals surface area contributed by atoms with Gasteiger partial charge in [-0.15, -0.1) is 0 Å². The minimum absolute atomic E-state index is 0.775. The van der Waals surface area contributed by atoms with Crippen LogP contribution in [0.1, 0.15) is 5.56 Å². The van der Waals surface area contributed by atoms with Gasteiger partial charge in [0.05, 0.1) is 0 Å². The van der Waals surface area contributed by atoms with Crippen molar-refractivity contribution in [1.29, 1.82) is 0 Å². The first-order valence-electron chi connectivity index (χ1n) is 5.29. The molecule has 0 aromatic heterocycles. The molecule has 0 saturated carbocycles. The number of rotatable bonds is 3. The Balaban J connectivity index is 2.27. The van der Waals surface area contributed by atoms with Crippen LogP contribution in [0.25, 0.3) is 11.1 Å². The first-order valence-corrected chi connectivity index (χ1v) is 5.67. The number of hydrogen-bond donors (Lipinski definition) is 1. The summed E-state index contributed by atoms with van der Waals surface area (Å²) in [5.41, 5.74) is 3.64. The van der Waals surface area contributed by atoms with Crippen LogP contribution in [0.2, 0.25) is 5.02 Å². The van der Waals surface area contributed by atoms with E-state index in [1.54, 1.807) is 0 Å². The molecule has 0 radical (unpaired) electrons. The molecule has 1 N–H and O–H groups in total. The van der Waals surface area contributed by atoms with Gasteiger partial charge in [0.25, 0.3) is 0 Å². The molecule has 0 amide bonds. The second-order valence-corrected chi connectivity index (χ2v) is 4.17. The van der Waals surface area contributed by atoms with Gasteiger partial charge in [-0.1, -0.05) is 48.0 Å². The smallest absolute Gasteiger partial charge is 0.0412 e. The van der Waals surface area contributed by atoms with Crippen molar-refractivity contribution in [2.75, 3.05) is 7.05 Å². The van der Waals surface area contributed by atoms with E-state index in [-0.39, 0.29) is 0 Å². The zero-order valence-electron chi connectivity index (χ0n) is 9.20. The van der Waals surface area contributed by atoms with E-state index in [1.165, 1.54) is 11.1 Å². The van der Waals surface area contributed by atoms with Crippen molar-refractivity contribution < 1.29 is 0 Å². The highest BCUT2D eigenvalue weighted by molar-refractivity contribution is 6.30. The van der Waals surface area contributed by atoms with Gasteiger partial charge < -0.3 is 5.32 Å². The Bertz CT molecular complexity index is 462. The van der Waals surface area contributed by atoms with Gasteiger partial charge in [-0.2, -0.15) is 0 Å². The van der Waals surface area contributed by atoms with Crippen molar-refractivity contribution in [2.24, 2.45) is 0 Å². The molecule has 0 spiro atoms. The molecule has 2 aromatic carbocycles. The summed E-state index contributed by atoms with van der Waals surface area (Å²) < 4.78 is 0. The molecule has 2 aromatic rings. The summed E-state index contributed by atoms with van der Waals surface area (Å²) in [4.78, 5) is 0. The molecule has 0 heterocycles. The summed E-state index contributed by atoms with van der Waals surface area (Å²) in [7, 11) is 1.95. The van der Waals surface area contributed by atoms with Gasteiger partial charge in [0.1, 0.15) is 0 Å². The van der Waals surface area contributed by atoms with E-state index >= 15 is 0 Å². The fourth-order valence-corrected chi connectivity index (χ4v) is 1.88. The van der Waals surface area contributed by atoms with Crippen molar-refractivity contribution >= 4 is 11.6 Å². The topological polar surface area (TPSA) is 12.0 Å². The predicted molar refractivity (Wildman–Crippen MR) is 69.7 cm³/mol. The molecule has 0 aliphatic rings. The lowest BCUT2D eigenvalue weighted by Crippen LogP contribution is -2.04. The third-order valence-electron chi connectivity index (χ3n) is 2.49. The Morgan fingerprint density at radius 1 is 1.00 bits per heavy atom. The first kappa shape index (κ1) is 11.2. The molecule has 0 bridgehead atoms. The minimum atomic E-state index is 0.775. The SMILES string of the molecule is CNCc1ccc(-c2cccc(Cl)c2)cc1. The van der Waals surface area contributed by atoms with Gasteiger partial charge in [-0.05, 0) is 35.9 Å². The van der Waals surface area contributed by atoms with Crippen molar-refractivity contribution in [3.8, 4) is 11.1 Å². The standard InChI is InChI=1S/C14H14ClN/c1-16-10-11-5-7-12(8-6-11)13-3-2-4-14(15)9-13/h2-9,16H,10H2,1H3. The van der Waals surface area contributed by atoms with Crippen LogP contribution >= 0.6 is 11.6 Å². The lowest BCUT2D eigenvalue weighted by Gasteiger charge is -2.04. The van der Waals surface area contributed by atoms with Gasteiger partial charge in [-0.25, -0.2) is 0 Å². The van der Waals surface area contributed by atoms with Crippen LogP contribution in [0.4, 0.5) is 0 Å². The van der Waals surface area contributed by atoms with Crippen LogP contribution < -0.4 is 5.32 Å². The molecule has 0 fully saturated rings. The van der Waals surface area contributed by atoms with Crippen LogP contribution in [0.3, 0.4) is 0 Å². The Kier molecular flexibility index (Phi) is 3.60. The van der Waals surface area contributed by atoms with Crippen LogP contribution in [-0.2, 0) is 6.54 Å². The molecular weight excluding hydrogens is 218 g/mol. The second-order valence-electron chi connectivity index (χ2n) is 3.74. The van der Waals surface area contributed by atoms with Crippen LogP contribution in [-0.4, -0.2) is 7.05 Å². The quantitative estimate of drug-likeness (QED) is 0.849. The highest BCUT2D eigenvalue weighted by atomic mass is 35.5. The zero-order valence-corrected chi connectivity index (χ0v) is 9.96. The zero-order chi connectivity index (χ0) is 11.4. The number of nitrogens with one attached hydrogen (secondary N) is 1. The molecular formula is C14H14ClN. The fourth-order valence-electron chi connectivity index (χ4n) is 1.69. The molecule has 0 aliphatic carbocycles. The average molecular weight is 232 g/mol. The Hall–Kier alpha value is -1.31. The molecule has 0 unspecified atom stereocenters. The third kappa shape index (κ3) is 2.63. The summed E-state index contributed by atoms with van der Waals surface area (Å²) in [6, 6.07) is 16.4. The Labute approximate surface area is 101 Å². The van der Waals surface area contributed by atoms with E-state index in [1.807, 2.05) is 25.2 Å². The average Bonchev–Trinajstić information content (AvgIpc) is 2.30. The van der Waals surface area contributed by atoms with Crippen molar-refractivity contribution in [2.45, 2.75) is 6.54 Å². The molecule has 2 rings (SSSR count). The summed E-state index contributed by atoms with van der Waals surface area (Å²) in [6.07, 6.45) is 0. The van der Waals surface area contributed by atoms with Crippen molar-refractivity contribution in [1.82, 2.24) is 5.32 Å². The summed E-state index contributed by atoms with van der Waals surface area (Å²) in [5.74, 6) is 0. The largest absolute Gasteiger partial charge is 0.316 e. The summed E-state index contributed by atoms with van der Waals surface area (Å²) >= 11 is 5.97. The molecule has 0 aliphatic heterocycles. The molecule has 0 saturated heterocycles. The van der Waals surface area contributed by atoms with E-state index < -0.39 is 0 Å². The van der Waals surface area contributed by atoms with E-state index in [9.17, 15) is 0 Å². The third-order valence-corrected chi connectivity index (χ3v) is 2.73. The van der Waals surface area contributed by atoms with Crippen LogP contribution in [0.5, 0.6) is 0 Å². The lowest BCUT2D eigenvalue weighted by molar-refractivity contribution is 0.818. The molecule has 1 nitrogen and oxygen atoms in total. The second kappa shape index (κ2) is 5.15. The monoisotopic (exact) mass is 231 g/mol. The fraction of sp³-hybridized carbons (Fsp3) is 0.143. The van der Waals surface area contributed by atoms with Crippen molar-refractivity contribution in [3.05, 3.63) is 59.1 Å². The van der Waals surface area contributed by atoms with Gasteiger partial charge in [-0.3, -0.25) is 0 Å². The maximum Gasteiger partial charge on any atom is 0.0412 e. The van der Waals surface area contributed by atoms with Crippen LogP contribution in [0.15, 0.2) is 48.5 Å². The van der Waals surface area contributed by atoms with E-state index in [2.05, 4.69) is 35.6 Å². The molecule has 0 atom stereocenters. The highest BCUT2D eigenvalue weighted by Crippen LogP contribution is 2.22. The number of benzene rings is 2. The molecule has 16 heavy (non-hydrogen) atoms. The van der Waals surface area contributed by atoms with Gasteiger partial charge >= 0.3 is 0 Å².